The lowest BCUT2D eigenvalue weighted by molar-refractivity contribution is -0.114. The van der Waals surface area contributed by atoms with E-state index >= 15 is 0 Å². The molecule has 2 heterocycles. The van der Waals surface area contributed by atoms with Gasteiger partial charge >= 0.3 is 6.09 Å². The van der Waals surface area contributed by atoms with E-state index in [1.165, 1.54) is 11.8 Å². The lowest BCUT2D eigenvalue weighted by atomic mass is 9.97. The molecule has 1 unspecified atom stereocenters. The maximum atomic E-state index is 12.0. The van der Waals surface area contributed by atoms with Crippen LogP contribution in [0, 0.1) is 5.92 Å². The van der Waals surface area contributed by atoms with Gasteiger partial charge < -0.3 is 19.9 Å². The number of anilines is 1. The number of ether oxygens (including phenoxy) is 2. The molecule has 2 amide bonds. The molecule has 2 aromatic rings. The van der Waals surface area contributed by atoms with Gasteiger partial charge in [-0.25, -0.2) is 9.78 Å². The predicted molar refractivity (Wildman–Crippen MR) is 127 cm³/mol. The fourth-order valence-electron chi connectivity index (χ4n) is 4.16. The van der Waals surface area contributed by atoms with Gasteiger partial charge in [-0.05, 0) is 56.9 Å². The van der Waals surface area contributed by atoms with Crippen LogP contribution in [0.4, 0.5) is 10.6 Å². The number of carbonyl (C=O) groups is 2. The molecule has 0 saturated carbocycles. The largest absolute Gasteiger partial charge is 0.491 e. The highest BCUT2D eigenvalue weighted by atomic mass is 16.5. The van der Waals surface area contributed by atoms with E-state index in [0.29, 0.717) is 36.3 Å². The topological polar surface area (TPSA) is 101 Å². The Labute approximate surface area is 194 Å². The third kappa shape index (κ3) is 5.94. The van der Waals surface area contributed by atoms with Crippen molar-refractivity contribution < 1.29 is 24.2 Å². The number of fused-ring (bicyclic) bond motifs is 3. The summed E-state index contributed by atoms with van der Waals surface area (Å²) in [6, 6.07) is 7.14. The molecule has 0 radical (unpaired) electrons. The quantitative estimate of drug-likeness (QED) is 0.597. The van der Waals surface area contributed by atoms with E-state index < -0.39 is 11.6 Å². The van der Waals surface area contributed by atoms with Gasteiger partial charge in [0.15, 0.2) is 0 Å². The number of benzene rings is 1. The van der Waals surface area contributed by atoms with E-state index in [4.69, 9.17) is 9.47 Å². The minimum Gasteiger partial charge on any atom is -0.491 e. The molecule has 0 aliphatic carbocycles. The number of pyridine rings is 1. The molecule has 0 bridgehead atoms. The van der Waals surface area contributed by atoms with Crippen molar-refractivity contribution in [2.75, 3.05) is 11.9 Å². The first-order valence-electron chi connectivity index (χ1n) is 11.1. The van der Waals surface area contributed by atoms with E-state index in [0.717, 1.165) is 16.7 Å². The molecule has 2 N–H and O–H groups in total. The van der Waals surface area contributed by atoms with Crippen molar-refractivity contribution in [1.82, 2.24) is 9.88 Å². The SMILES string of the molecule is CC(=O)Nc1cc2c(cn1)COc1cc(OCC(CC(C)C)N(C(=O)O)C(C)(C)C)ccc1-2. The summed E-state index contributed by atoms with van der Waals surface area (Å²) in [5, 5.41) is 12.5. The highest BCUT2D eigenvalue weighted by molar-refractivity contribution is 5.89. The second kappa shape index (κ2) is 9.68. The maximum absolute atomic E-state index is 12.0. The highest BCUT2D eigenvalue weighted by Crippen LogP contribution is 2.40. The highest BCUT2D eigenvalue weighted by Gasteiger charge is 2.34. The van der Waals surface area contributed by atoms with E-state index in [2.05, 4.69) is 24.1 Å². The Hall–Kier alpha value is -3.29. The molecule has 0 saturated heterocycles. The molecule has 8 nitrogen and oxygen atoms in total. The van der Waals surface area contributed by atoms with E-state index in [1.807, 2.05) is 45.0 Å². The number of hydrogen-bond donors (Lipinski definition) is 2. The summed E-state index contributed by atoms with van der Waals surface area (Å²) in [5.74, 6) is 1.91. The van der Waals surface area contributed by atoms with Crippen LogP contribution in [-0.2, 0) is 11.4 Å². The molecule has 0 fully saturated rings. The number of nitrogens with zero attached hydrogens (tertiary/aromatic N) is 2. The number of nitrogens with one attached hydrogen (secondary N) is 1. The average molecular weight is 456 g/mol. The zero-order valence-electron chi connectivity index (χ0n) is 20.1. The van der Waals surface area contributed by atoms with Gasteiger partial charge in [0.2, 0.25) is 5.91 Å². The molecular weight excluding hydrogens is 422 g/mol. The smallest absolute Gasteiger partial charge is 0.408 e. The van der Waals surface area contributed by atoms with Crippen molar-refractivity contribution in [1.29, 1.82) is 0 Å². The van der Waals surface area contributed by atoms with Crippen LogP contribution in [0.5, 0.6) is 11.5 Å². The Bertz CT molecular complexity index is 1030. The predicted octanol–water partition coefficient (Wildman–Crippen LogP) is 5.17. The molecule has 3 rings (SSSR count). The first-order valence-corrected chi connectivity index (χ1v) is 11.1. The van der Waals surface area contributed by atoms with E-state index in [9.17, 15) is 14.7 Å². The lowest BCUT2D eigenvalue weighted by Gasteiger charge is -2.40. The van der Waals surface area contributed by atoms with Crippen molar-refractivity contribution in [2.24, 2.45) is 5.92 Å². The molecule has 33 heavy (non-hydrogen) atoms. The van der Waals surface area contributed by atoms with Crippen molar-refractivity contribution in [3.05, 3.63) is 36.0 Å². The second-order valence-corrected chi connectivity index (χ2v) is 9.77. The fourth-order valence-corrected chi connectivity index (χ4v) is 4.16. The number of rotatable bonds is 7. The summed E-state index contributed by atoms with van der Waals surface area (Å²) in [5.41, 5.74) is 2.23. The van der Waals surface area contributed by atoms with Gasteiger partial charge in [-0.2, -0.15) is 0 Å². The average Bonchev–Trinajstić information content (AvgIpc) is 2.69. The maximum Gasteiger partial charge on any atom is 0.408 e. The summed E-state index contributed by atoms with van der Waals surface area (Å²) in [4.78, 5) is 29.1. The number of carboxylic acid groups (broad SMARTS) is 1. The number of aromatic nitrogens is 1. The van der Waals surface area contributed by atoms with Crippen molar-refractivity contribution in [3.8, 4) is 22.6 Å². The van der Waals surface area contributed by atoms with Crippen molar-refractivity contribution in [2.45, 2.75) is 66.2 Å². The van der Waals surface area contributed by atoms with Crippen LogP contribution in [0.1, 0.15) is 53.5 Å². The van der Waals surface area contributed by atoms with Gasteiger partial charge in [0.05, 0.1) is 6.04 Å². The summed E-state index contributed by atoms with van der Waals surface area (Å²) in [7, 11) is 0. The van der Waals surface area contributed by atoms with Crippen LogP contribution in [-0.4, -0.2) is 45.2 Å². The van der Waals surface area contributed by atoms with Gasteiger partial charge in [-0.15, -0.1) is 0 Å². The molecule has 8 heteroatoms. The molecule has 1 aliphatic heterocycles. The zero-order valence-corrected chi connectivity index (χ0v) is 20.1. The monoisotopic (exact) mass is 455 g/mol. The summed E-state index contributed by atoms with van der Waals surface area (Å²) in [6.45, 7) is 11.9. The molecular formula is C25H33N3O5. The van der Waals surface area contributed by atoms with Crippen LogP contribution >= 0.6 is 0 Å². The van der Waals surface area contributed by atoms with Gasteiger partial charge in [0.25, 0.3) is 0 Å². The Morgan fingerprint density at radius 1 is 1.24 bits per heavy atom. The first-order chi connectivity index (χ1) is 15.5. The van der Waals surface area contributed by atoms with Crippen LogP contribution < -0.4 is 14.8 Å². The molecule has 178 valence electrons. The summed E-state index contributed by atoms with van der Waals surface area (Å²) in [6.07, 6.45) is 1.44. The summed E-state index contributed by atoms with van der Waals surface area (Å²) >= 11 is 0. The number of hydrogen-bond acceptors (Lipinski definition) is 5. The molecule has 0 spiro atoms. The molecule has 1 aromatic carbocycles. The Morgan fingerprint density at radius 3 is 2.58 bits per heavy atom. The van der Waals surface area contributed by atoms with Gasteiger partial charge in [0.1, 0.15) is 30.5 Å². The lowest BCUT2D eigenvalue weighted by Crippen LogP contribution is -2.53. The number of amides is 2. The minimum atomic E-state index is -0.953. The Balaban J connectivity index is 1.82. The van der Waals surface area contributed by atoms with Gasteiger partial charge in [-0.1, -0.05) is 13.8 Å². The van der Waals surface area contributed by atoms with Gasteiger partial charge in [0, 0.05) is 35.9 Å². The molecule has 1 aliphatic rings. The zero-order chi connectivity index (χ0) is 24.3. The van der Waals surface area contributed by atoms with Crippen LogP contribution in [0.2, 0.25) is 0 Å². The van der Waals surface area contributed by atoms with Crippen LogP contribution in [0.3, 0.4) is 0 Å². The Morgan fingerprint density at radius 2 is 1.97 bits per heavy atom. The third-order valence-corrected chi connectivity index (χ3v) is 5.40. The van der Waals surface area contributed by atoms with Crippen molar-refractivity contribution >= 4 is 17.8 Å². The summed E-state index contributed by atoms with van der Waals surface area (Å²) < 4.78 is 12.0. The fraction of sp³-hybridized carbons (Fsp3) is 0.480. The third-order valence-electron chi connectivity index (χ3n) is 5.40. The first kappa shape index (κ1) is 24.4. The van der Waals surface area contributed by atoms with E-state index in [-0.39, 0.29) is 18.6 Å². The van der Waals surface area contributed by atoms with Crippen LogP contribution in [0.25, 0.3) is 11.1 Å². The van der Waals surface area contributed by atoms with Crippen LogP contribution in [0.15, 0.2) is 30.5 Å². The van der Waals surface area contributed by atoms with Gasteiger partial charge in [-0.3, -0.25) is 9.69 Å². The molecule has 1 atom stereocenters. The minimum absolute atomic E-state index is 0.180. The number of carbonyl (C=O) groups excluding carboxylic acids is 1. The standard InChI is InChI=1S/C25H33N3O5/c1-15(2)9-18(28(24(30)31)25(4,5)6)14-32-19-7-8-20-21-11-23(27-16(3)29)26-12-17(21)13-33-22(20)10-19/h7-8,10-12,15,18H,9,13-14H2,1-6H3,(H,30,31)(H,26,27,29). The normalized spacial score (nSPS) is 13.4. The van der Waals surface area contributed by atoms with E-state index in [1.54, 1.807) is 6.20 Å². The molecule has 1 aromatic heterocycles. The Kier molecular flexibility index (Phi) is 7.15. The van der Waals surface area contributed by atoms with Crippen molar-refractivity contribution in [3.63, 3.8) is 0 Å². The second-order valence-electron chi connectivity index (χ2n) is 9.77.